The van der Waals surface area contributed by atoms with Crippen LogP contribution in [-0.2, 0) is 11.2 Å². The lowest BCUT2D eigenvalue weighted by atomic mass is 10.1. The van der Waals surface area contributed by atoms with Gasteiger partial charge in [-0.15, -0.1) is 0 Å². The molecule has 0 heterocycles. The minimum atomic E-state index is -0.207. The summed E-state index contributed by atoms with van der Waals surface area (Å²) in [4.78, 5) is 23.8. The number of nitrogens with one attached hydrogen (secondary N) is 2. The van der Waals surface area contributed by atoms with Crippen LogP contribution in [0.4, 0.5) is 0 Å². The number of benzene rings is 2. The average molecular weight is 381 g/mol. The van der Waals surface area contributed by atoms with Crippen molar-refractivity contribution >= 4 is 35.0 Å². The Kier molecular flexibility index (Phi) is 7.10. The van der Waals surface area contributed by atoms with Crippen molar-refractivity contribution in [3.63, 3.8) is 0 Å². The average Bonchev–Trinajstić information content (AvgIpc) is 2.62. The van der Waals surface area contributed by atoms with Crippen molar-refractivity contribution in [1.29, 1.82) is 0 Å². The second-order valence-corrected chi connectivity index (χ2v) is 6.07. The van der Waals surface area contributed by atoms with Crippen molar-refractivity contribution in [2.45, 2.75) is 6.42 Å². The molecule has 7 heteroatoms. The Labute approximate surface area is 156 Å². The topological polar surface area (TPSA) is 67.4 Å². The molecule has 0 atom stereocenters. The number of hydrogen-bond donors (Lipinski definition) is 2. The molecule has 0 radical (unpaired) electrons. The van der Waals surface area contributed by atoms with Gasteiger partial charge in [0.1, 0.15) is 5.75 Å². The quantitative estimate of drug-likeness (QED) is 0.725. The summed E-state index contributed by atoms with van der Waals surface area (Å²) in [5.41, 5.74) is 1.30. The Morgan fingerprint density at radius 3 is 2.28 bits per heavy atom. The number of rotatable bonds is 7. The van der Waals surface area contributed by atoms with E-state index < -0.39 is 0 Å². The molecular weight excluding hydrogens is 363 g/mol. The Hall–Kier alpha value is -2.24. The molecule has 0 aliphatic heterocycles. The molecule has 0 unspecified atom stereocenters. The fourth-order valence-electron chi connectivity index (χ4n) is 2.12. The summed E-state index contributed by atoms with van der Waals surface area (Å²) < 4.78 is 5.04. The lowest BCUT2D eigenvalue weighted by molar-refractivity contribution is -0.120. The van der Waals surface area contributed by atoms with Gasteiger partial charge in [0.2, 0.25) is 5.91 Å². The standard InChI is InChI=1S/C18H18Cl2N2O3/c1-25-14-5-3-13(4-6-14)18(24)22-9-8-21-17(23)11-12-2-7-15(19)16(20)10-12/h2-7,10H,8-9,11H2,1H3,(H,21,23)(H,22,24). The van der Waals surface area contributed by atoms with Gasteiger partial charge >= 0.3 is 0 Å². The second-order valence-electron chi connectivity index (χ2n) is 5.26. The first-order valence-electron chi connectivity index (χ1n) is 7.62. The van der Waals surface area contributed by atoms with Gasteiger partial charge in [-0.3, -0.25) is 9.59 Å². The zero-order valence-electron chi connectivity index (χ0n) is 13.6. The molecule has 0 fully saturated rings. The maximum atomic E-state index is 12.0. The first-order valence-corrected chi connectivity index (χ1v) is 8.38. The molecule has 0 saturated carbocycles. The maximum absolute atomic E-state index is 12.0. The van der Waals surface area contributed by atoms with Crippen LogP contribution in [0.3, 0.4) is 0 Å². The fraction of sp³-hybridized carbons (Fsp3) is 0.222. The summed E-state index contributed by atoms with van der Waals surface area (Å²) in [7, 11) is 1.57. The number of carbonyl (C=O) groups is 2. The van der Waals surface area contributed by atoms with Crippen LogP contribution in [0.1, 0.15) is 15.9 Å². The summed E-state index contributed by atoms with van der Waals surface area (Å²) in [5.74, 6) is 0.324. The van der Waals surface area contributed by atoms with Gasteiger partial charge in [-0.05, 0) is 42.0 Å². The molecule has 25 heavy (non-hydrogen) atoms. The molecule has 0 bridgehead atoms. The van der Waals surface area contributed by atoms with Gasteiger partial charge in [0.05, 0.1) is 23.6 Å². The smallest absolute Gasteiger partial charge is 0.251 e. The fourth-order valence-corrected chi connectivity index (χ4v) is 2.44. The number of ether oxygens (including phenoxy) is 1. The Morgan fingerprint density at radius 2 is 1.64 bits per heavy atom. The first-order chi connectivity index (χ1) is 12.0. The largest absolute Gasteiger partial charge is 0.497 e. The minimum Gasteiger partial charge on any atom is -0.497 e. The summed E-state index contributed by atoms with van der Waals surface area (Å²) in [6.07, 6.45) is 0.198. The molecule has 0 aliphatic carbocycles. The number of hydrogen-bond acceptors (Lipinski definition) is 3. The molecule has 2 aromatic rings. The van der Waals surface area contributed by atoms with Crippen LogP contribution in [0.5, 0.6) is 5.75 Å². The normalized spacial score (nSPS) is 10.2. The molecule has 0 aromatic heterocycles. The monoisotopic (exact) mass is 380 g/mol. The number of methoxy groups -OCH3 is 1. The van der Waals surface area contributed by atoms with Crippen molar-refractivity contribution in [3.05, 3.63) is 63.6 Å². The van der Waals surface area contributed by atoms with Crippen molar-refractivity contribution in [3.8, 4) is 5.75 Å². The summed E-state index contributed by atoms with van der Waals surface area (Å²) in [5, 5.41) is 6.35. The second kappa shape index (κ2) is 9.30. The Balaban J connectivity index is 1.71. The van der Waals surface area contributed by atoms with E-state index in [0.29, 0.717) is 34.4 Å². The van der Waals surface area contributed by atoms with E-state index in [-0.39, 0.29) is 18.2 Å². The maximum Gasteiger partial charge on any atom is 0.251 e. The molecule has 0 saturated heterocycles. The van der Waals surface area contributed by atoms with E-state index >= 15 is 0 Å². The van der Waals surface area contributed by atoms with Gasteiger partial charge in [-0.1, -0.05) is 29.3 Å². The Morgan fingerprint density at radius 1 is 0.960 bits per heavy atom. The highest BCUT2D eigenvalue weighted by Crippen LogP contribution is 2.22. The summed E-state index contributed by atoms with van der Waals surface area (Å²) in [6.45, 7) is 0.667. The van der Waals surface area contributed by atoms with Gasteiger partial charge in [0, 0.05) is 18.7 Å². The van der Waals surface area contributed by atoms with Crippen LogP contribution in [0.25, 0.3) is 0 Å². The van der Waals surface area contributed by atoms with Crippen LogP contribution in [-0.4, -0.2) is 32.0 Å². The molecule has 0 aliphatic rings. The third-order valence-electron chi connectivity index (χ3n) is 3.43. The molecular formula is C18H18Cl2N2O3. The van der Waals surface area contributed by atoms with Gasteiger partial charge in [0.25, 0.3) is 5.91 Å². The molecule has 5 nitrogen and oxygen atoms in total. The van der Waals surface area contributed by atoms with Crippen molar-refractivity contribution < 1.29 is 14.3 Å². The third kappa shape index (κ3) is 5.96. The highest BCUT2D eigenvalue weighted by atomic mass is 35.5. The van der Waals surface area contributed by atoms with E-state index in [2.05, 4.69) is 10.6 Å². The number of halogens is 2. The predicted molar refractivity (Wildman–Crippen MR) is 98.5 cm³/mol. The number of carbonyl (C=O) groups excluding carboxylic acids is 2. The molecule has 132 valence electrons. The van der Waals surface area contributed by atoms with E-state index in [1.165, 1.54) is 0 Å². The van der Waals surface area contributed by atoms with Gasteiger partial charge in [-0.25, -0.2) is 0 Å². The highest BCUT2D eigenvalue weighted by molar-refractivity contribution is 6.42. The molecule has 0 spiro atoms. The van der Waals surface area contributed by atoms with Crippen molar-refractivity contribution in [2.24, 2.45) is 0 Å². The SMILES string of the molecule is COc1ccc(C(=O)NCCNC(=O)Cc2ccc(Cl)c(Cl)c2)cc1. The lowest BCUT2D eigenvalue weighted by Crippen LogP contribution is -2.35. The highest BCUT2D eigenvalue weighted by Gasteiger charge is 2.07. The van der Waals surface area contributed by atoms with Crippen molar-refractivity contribution in [2.75, 3.05) is 20.2 Å². The van der Waals surface area contributed by atoms with Crippen molar-refractivity contribution in [1.82, 2.24) is 10.6 Å². The van der Waals surface area contributed by atoms with Gasteiger partial charge in [-0.2, -0.15) is 0 Å². The van der Waals surface area contributed by atoms with E-state index in [1.54, 1.807) is 49.6 Å². The predicted octanol–water partition coefficient (Wildman–Crippen LogP) is 3.09. The van der Waals surface area contributed by atoms with Crippen LogP contribution >= 0.6 is 23.2 Å². The zero-order chi connectivity index (χ0) is 18.2. The van der Waals surface area contributed by atoms with Crippen LogP contribution in [0, 0.1) is 0 Å². The zero-order valence-corrected chi connectivity index (χ0v) is 15.2. The third-order valence-corrected chi connectivity index (χ3v) is 4.17. The molecule has 2 amide bonds. The van der Waals surface area contributed by atoms with E-state index in [9.17, 15) is 9.59 Å². The van der Waals surface area contributed by atoms with E-state index in [4.69, 9.17) is 27.9 Å². The number of amides is 2. The summed E-state index contributed by atoms with van der Waals surface area (Å²) in [6, 6.07) is 11.9. The van der Waals surface area contributed by atoms with Crippen LogP contribution < -0.4 is 15.4 Å². The van der Waals surface area contributed by atoms with Gasteiger partial charge < -0.3 is 15.4 Å². The molecule has 2 rings (SSSR count). The lowest BCUT2D eigenvalue weighted by Gasteiger charge is -2.08. The first kappa shape index (κ1) is 19.1. The minimum absolute atomic E-state index is 0.155. The molecule has 2 N–H and O–H groups in total. The Bertz CT molecular complexity index is 748. The molecule has 2 aromatic carbocycles. The van der Waals surface area contributed by atoms with Crippen LogP contribution in [0.15, 0.2) is 42.5 Å². The van der Waals surface area contributed by atoms with Gasteiger partial charge in [0.15, 0.2) is 0 Å². The summed E-state index contributed by atoms with van der Waals surface area (Å²) >= 11 is 11.8. The van der Waals surface area contributed by atoms with E-state index in [0.717, 1.165) is 5.56 Å². The van der Waals surface area contributed by atoms with E-state index in [1.807, 2.05) is 0 Å². The van der Waals surface area contributed by atoms with Crippen LogP contribution in [0.2, 0.25) is 10.0 Å².